The van der Waals surface area contributed by atoms with Gasteiger partial charge in [-0.3, -0.25) is 10.1 Å². The Morgan fingerprint density at radius 1 is 1.38 bits per heavy atom. The predicted octanol–water partition coefficient (Wildman–Crippen LogP) is 0.968. The summed E-state index contributed by atoms with van der Waals surface area (Å²) >= 11 is 0. The fraction of sp³-hybridized carbons (Fsp3) is 0.917. The fourth-order valence-corrected chi connectivity index (χ4v) is 2.65. The molecule has 2 rings (SSSR count). The van der Waals surface area contributed by atoms with Crippen LogP contribution in [0.15, 0.2) is 0 Å². The minimum atomic E-state index is -0.0322. The van der Waals surface area contributed by atoms with Crippen LogP contribution in [0.3, 0.4) is 0 Å². The summed E-state index contributed by atoms with van der Waals surface area (Å²) in [5.74, 6) is 0.711. The number of amides is 1. The highest BCUT2D eigenvalue weighted by atomic mass is 16.5. The van der Waals surface area contributed by atoms with Crippen LogP contribution >= 0.6 is 0 Å². The molecule has 1 N–H and O–H groups in total. The number of nitrogens with one attached hydrogen (secondary N) is 1. The van der Waals surface area contributed by atoms with Gasteiger partial charge in [-0.15, -0.1) is 0 Å². The average molecular weight is 226 g/mol. The lowest BCUT2D eigenvalue weighted by Crippen LogP contribution is -2.49. The molecule has 16 heavy (non-hydrogen) atoms. The van der Waals surface area contributed by atoms with Crippen molar-refractivity contribution in [2.45, 2.75) is 51.9 Å². The predicted molar refractivity (Wildman–Crippen MR) is 61.9 cm³/mol. The third-order valence-corrected chi connectivity index (χ3v) is 3.56. The van der Waals surface area contributed by atoms with Gasteiger partial charge in [0.05, 0.1) is 12.2 Å². The second-order valence-corrected chi connectivity index (χ2v) is 5.17. The molecule has 0 saturated carbocycles. The highest BCUT2D eigenvalue weighted by Gasteiger charge is 2.41. The lowest BCUT2D eigenvalue weighted by atomic mass is 10.0. The van der Waals surface area contributed by atoms with Crippen LogP contribution in [0, 0.1) is 5.92 Å². The second kappa shape index (κ2) is 4.72. The summed E-state index contributed by atoms with van der Waals surface area (Å²) in [4.78, 5) is 14.2. The third kappa shape index (κ3) is 2.09. The Bertz CT molecular complexity index is 262. The van der Waals surface area contributed by atoms with E-state index in [-0.39, 0.29) is 18.1 Å². The lowest BCUT2D eigenvalue weighted by Gasteiger charge is -2.36. The van der Waals surface area contributed by atoms with Crippen molar-refractivity contribution in [3.63, 3.8) is 0 Å². The minimum Gasteiger partial charge on any atom is -0.381 e. The maximum Gasteiger partial charge on any atom is 0.240 e. The number of ether oxygens (including phenoxy) is 1. The van der Waals surface area contributed by atoms with Crippen molar-refractivity contribution in [1.82, 2.24) is 10.2 Å². The molecule has 2 fully saturated rings. The molecule has 92 valence electrons. The van der Waals surface area contributed by atoms with E-state index in [0.29, 0.717) is 12.0 Å². The second-order valence-electron chi connectivity index (χ2n) is 5.17. The van der Waals surface area contributed by atoms with Gasteiger partial charge in [-0.1, -0.05) is 13.8 Å². The summed E-state index contributed by atoms with van der Waals surface area (Å²) in [5, 5.41) is 3.39. The molecule has 2 atom stereocenters. The number of hydrogen-bond donors (Lipinski definition) is 1. The number of carbonyl (C=O) groups is 1. The Morgan fingerprint density at radius 2 is 2.00 bits per heavy atom. The van der Waals surface area contributed by atoms with Crippen LogP contribution in [0.1, 0.15) is 33.6 Å². The smallest absolute Gasteiger partial charge is 0.240 e. The molecule has 0 bridgehead atoms. The van der Waals surface area contributed by atoms with E-state index in [2.05, 4.69) is 24.1 Å². The summed E-state index contributed by atoms with van der Waals surface area (Å²) in [6.45, 7) is 7.85. The molecule has 2 aliphatic rings. The van der Waals surface area contributed by atoms with Crippen molar-refractivity contribution in [3.8, 4) is 0 Å². The van der Waals surface area contributed by atoms with Gasteiger partial charge in [0, 0.05) is 19.3 Å². The first-order valence-electron chi connectivity index (χ1n) is 6.27. The van der Waals surface area contributed by atoms with Crippen molar-refractivity contribution in [2.75, 3.05) is 13.2 Å². The van der Waals surface area contributed by atoms with Gasteiger partial charge in [0.1, 0.15) is 0 Å². The Hall–Kier alpha value is -0.610. The molecule has 0 aromatic carbocycles. The molecule has 4 nitrogen and oxygen atoms in total. The standard InChI is InChI=1S/C12H22N2O2/c1-8(2)11-13-9(3)12(15)14(11)10-4-6-16-7-5-10/h8-11,13H,4-7H2,1-3H3. The lowest BCUT2D eigenvalue weighted by molar-refractivity contribution is -0.134. The molecule has 2 heterocycles. The van der Waals surface area contributed by atoms with Crippen LogP contribution in [-0.4, -0.2) is 42.3 Å². The molecule has 2 aliphatic heterocycles. The van der Waals surface area contributed by atoms with Gasteiger partial charge >= 0.3 is 0 Å². The Labute approximate surface area is 97.3 Å². The molecule has 0 aliphatic carbocycles. The molecular weight excluding hydrogens is 204 g/mol. The van der Waals surface area contributed by atoms with Gasteiger partial charge in [0.25, 0.3) is 0 Å². The Kier molecular flexibility index (Phi) is 3.50. The summed E-state index contributed by atoms with van der Waals surface area (Å²) in [6.07, 6.45) is 2.15. The summed E-state index contributed by atoms with van der Waals surface area (Å²) in [7, 11) is 0. The van der Waals surface area contributed by atoms with Crippen LogP contribution in [0.2, 0.25) is 0 Å². The quantitative estimate of drug-likeness (QED) is 0.763. The van der Waals surface area contributed by atoms with Crippen molar-refractivity contribution in [1.29, 1.82) is 0 Å². The minimum absolute atomic E-state index is 0.0322. The van der Waals surface area contributed by atoms with E-state index in [4.69, 9.17) is 4.74 Å². The molecule has 0 spiro atoms. The zero-order chi connectivity index (χ0) is 11.7. The van der Waals surface area contributed by atoms with Gasteiger partial charge in [0.2, 0.25) is 5.91 Å². The first-order valence-corrected chi connectivity index (χ1v) is 6.27. The van der Waals surface area contributed by atoms with Crippen molar-refractivity contribution < 1.29 is 9.53 Å². The molecule has 2 unspecified atom stereocenters. The molecular formula is C12H22N2O2. The Morgan fingerprint density at radius 3 is 2.56 bits per heavy atom. The molecule has 2 saturated heterocycles. The summed E-state index contributed by atoms with van der Waals surface area (Å²) < 4.78 is 5.36. The number of carbonyl (C=O) groups excluding carboxylic acids is 1. The van der Waals surface area contributed by atoms with Crippen LogP contribution < -0.4 is 5.32 Å². The van der Waals surface area contributed by atoms with Crippen molar-refractivity contribution in [2.24, 2.45) is 5.92 Å². The molecule has 0 aromatic rings. The monoisotopic (exact) mass is 226 g/mol. The Balaban J connectivity index is 2.11. The first-order chi connectivity index (χ1) is 7.61. The maximum atomic E-state index is 12.1. The molecule has 0 radical (unpaired) electrons. The van der Waals surface area contributed by atoms with Crippen LogP contribution in [0.4, 0.5) is 0 Å². The largest absolute Gasteiger partial charge is 0.381 e. The summed E-state index contributed by atoms with van der Waals surface area (Å²) in [5.41, 5.74) is 0. The number of nitrogens with zero attached hydrogens (tertiary/aromatic N) is 1. The zero-order valence-electron chi connectivity index (χ0n) is 10.4. The van der Waals surface area contributed by atoms with E-state index in [0.717, 1.165) is 26.1 Å². The summed E-state index contributed by atoms with van der Waals surface area (Å²) in [6, 6.07) is 0.335. The van der Waals surface area contributed by atoms with Crippen molar-refractivity contribution >= 4 is 5.91 Å². The average Bonchev–Trinajstić information content (AvgIpc) is 2.57. The maximum absolute atomic E-state index is 12.1. The first kappa shape index (κ1) is 11.9. The van der Waals surface area contributed by atoms with Crippen molar-refractivity contribution in [3.05, 3.63) is 0 Å². The van der Waals surface area contributed by atoms with Crippen LogP contribution in [0.5, 0.6) is 0 Å². The van der Waals surface area contributed by atoms with E-state index in [1.165, 1.54) is 0 Å². The van der Waals surface area contributed by atoms with Gasteiger partial charge in [-0.25, -0.2) is 0 Å². The number of hydrogen-bond acceptors (Lipinski definition) is 3. The molecule has 0 aromatic heterocycles. The highest BCUT2D eigenvalue weighted by molar-refractivity contribution is 5.84. The third-order valence-electron chi connectivity index (χ3n) is 3.56. The molecule has 4 heteroatoms. The van der Waals surface area contributed by atoms with E-state index in [9.17, 15) is 4.79 Å². The SMILES string of the molecule is CC1NC(C(C)C)N(C2CCOCC2)C1=O. The van der Waals surface area contributed by atoms with Gasteiger partial charge in [-0.05, 0) is 25.7 Å². The van der Waals surface area contributed by atoms with Crippen LogP contribution in [-0.2, 0) is 9.53 Å². The fourth-order valence-electron chi connectivity index (χ4n) is 2.65. The number of rotatable bonds is 2. The van der Waals surface area contributed by atoms with Gasteiger partial charge in [0.15, 0.2) is 0 Å². The zero-order valence-corrected chi connectivity index (χ0v) is 10.4. The topological polar surface area (TPSA) is 41.6 Å². The normalized spacial score (nSPS) is 32.8. The van der Waals surface area contributed by atoms with Crippen LogP contribution in [0.25, 0.3) is 0 Å². The van der Waals surface area contributed by atoms with E-state index in [1.54, 1.807) is 0 Å². The molecule has 1 amide bonds. The highest BCUT2D eigenvalue weighted by Crippen LogP contribution is 2.25. The van der Waals surface area contributed by atoms with E-state index in [1.807, 2.05) is 6.92 Å². The van der Waals surface area contributed by atoms with E-state index < -0.39 is 0 Å². The van der Waals surface area contributed by atoms with E-state index >= 15 is 0 Å². The van der Waals surface area contributed by atoms with Gasteiger partial charge in [-0.2, -0.15) is 0 Å². The van der Waals surface area contributed by atoms with Gasteiger partial charge < -0.3 is 9.64 Å².